The van der Waals surface area contributed by atoms with Crippen molar-refractivity contribution in [3.05, 3.63) is 88.3 Å². The molecular formula is C26H24N2O3S. The lowest BCUT2D eigenvalue weighted by Crippen LogP contribution is -2.29. The summed E-state index contributed by atoms with van der Waals surface area (Å²) in [5.74, 6) is 1.15. The number of amides is 1. The molecule has 6 heteroatoms. The van der Waals surface area contributed by atoms with Crippen molar-refractivity contribution in [1.29, 1.82) is 0 Å². The Balaban J connectivity index is 1.80. The molecule has 0 aromatic heterocycles. The fourth-order valence-corrected chi connectivity index (χ4v) is 4.45. The third-order valence-corrected chi connectivity index (χ3v) is 6.17. The number of ether oxygens (including phenoxy) is 2. The Morgan fingerprint density at radius 2 is 1.56 bits per heavy atom. The van der Waals surface area contributed by atoms with Crippen molar-refractivity contribution in [2.24, 2.45) is 4.99 Å². The molecule has 162 valence electrons. The van der Waals surface area contributed by atoms with E-state index in [1.165, 1.54) is 11.8 Å². The molecule has 5 nitrogen and oxygen atoms in total. The van der Waals surface area contributed by atoms with Crippen molar-refractivity contribution in [3.63, 3.8) is 0 Å². The van der Waals surface area contributed by atoms with Gasteiger partial charge in [-0.05, 0) is 72.6 Å². The number of para-hydroxylation sites is 2. The molecule has 3 aromatic carbocycles. The number of aliphatic imine (C=N–C) groups is 1. The van der Waals surface area contributed by atoms with Crippen molar-refractivity contribution >= 4 is 40.3 Å². The molecule has 0 saturated carbocycles. The van der Waals surface area contributed by atoms with Crippen LogP contribution in [-0.4, -0.2) is 25.3 Å². The van der Waals surface area contributed by atoms with Crippen molar-refractivity contribution in [2.45, 2.75) is 13.8 Å². The molecule has 1 saturated heterocycles. The number of thioether (sulfide) groups is 1. The van der Waals surface area contributed by atoms with Crippen LogP contribution in [0.25, 0.3) is 6.08 Å². The summed E-state index contributed by atoms with van der Waals surface area (Å²) in [5, 5.41) is 0.630. The molecule has 1 aliphatic rings. The van der Waals surface area contributed by atoms with Gasteiger partial charge in [0.1, 0.15) is 0 Å². The van der Waals surface area contributed by atoms with Gasteiger partial charge in [0.25, 0.3) is 5.91 Å². The molecule has 0 spiro atoms. The fraction of sp³-hybridized carbons (Fsp3) is 0.154. The van der Waals surface area contributed by atoms with Crippen LogP contribution in [-0.2, 0) is 4.79 Å². The molecule has 3 aromatic rings. The number of carbonyl (C=O) groups is 1. The van der Waals surface area contributed by atoms with Crippen molar-refractivity contribution in [3.8, 4) is 11.5 Å². The number of benzene rings is 3. The number of amidine groups is 1. The molecule has 1 amide bonds. The molecule has 0 radical (unpaired) electrons. The maximum atomic E-state index is 13.5. The van der Waals surface area contributed by atoms with Gasteiger partial charge in [0.2, 0.25) is 0 Å². The number of rotatable bonds is 5. The van der Waals surface area contributed by atoms with E-state index in [9.17, 15) is 4.79 Å². The second-order valence-corrected chi connectivity index (χ2v) is 8.34. The summed E-state index contributed by atoms with van der Waals surface area (Å²) in [6.45, 7) is 4.01. The van der Waals surface area contributed by atoms with Gasteiger partial charge in [0.05, 0.1) is 30.5 Å². The SMILES string of the molecule is COc1ccc(C=C2SC(=Nc3ccccc3C)N(c3ccccc3C)C2=O)cc1OC. The fourth-order valence-electron chi connectivity index (χ4n) is 3.46. The van der Waals surface area contributed by atoms with Crippen LogP contribution in [0.1, 0.15) is 16.7 Å². The predicted molar refractivity (Wildman–Crippen MR) is 132 cm³/mol. The minimum atomic E-state index is -0.105. The zero-order valence-electron chi connectivity index (χ0n) is 18.5. The first-order valence-corrected chi connectivity index (χ1v) is 11.0. The molecule has 0 N–H and O–H groups in total. The molecule has 0 aliphatic carbocycles. The Morgan fingerprint density at radius 1 is 0.875 bits per heavy atom. The maximum absolute atomic E-state index is 13.5. The van der Waals surface area contributed by atoms with Gasteiger partial charge >= 0.3 is 0 Å². The van der Waals surface area contributed by atoms with E-state index in [0.717, 1.165) is 28.1 Å². The highest BCUT2D eigenvalue weighted by molar-refractivity contribution is 8.19. The van der Waals surface area contributed by atoms with E-state index in [1.54, 1.807) is 19.1 Å². The number of aryl methyl sites for hydroxylation is 2. The van der Waals surface area contributed by atoms with E-state index < -0.39 is 0 Å². The Kier molecular flexibility index (Phi) is 6.32. The number of carbonyl (C=O) groups excluding carboxylic acids is 1. The van der Waals surface area contributed by atoms with Crippen LogP contribution in [0, 0.1) is 13.8 Å². The average molecular weight is 445 g/mol. The molecule has 0 atom stereocenters. The second kappa shape index (κ2) is 9.32. The first-order valence-electron chi connectivity index (χ1n) is 10.2. The molecule has 32 heavy (non-hydrogen) atoms. The monoisotopic (exact) mass is 444 g/mol. The molecule has 1 aliphatic heterocycles. The van der Waals surface area contributed by atoms with Gasteiger partial charge in [0, 0.05) is 0 Å². The molecule has 0 unspecified atom stereocenters. The van der Waals surface area contributed by atoms with Crippen LogP contribution in [0.3, 0.4) is 0 Å². The summed E-state index contributed by atoms with van der Waals surface area (Å²) in [5.41, 5.74) is 4.57. The van der Waals surface area contributed by atoms with Crippen LogP contribution in [0.2, 0.25) is 0 Å². The van der Waals surface area contributed by atoms with E-state index in [4.69, 9.17) is 14.5 Å². The third kappa shape index (κ3) is 4.27. The molecule has 4 rings (SSSR count). The van der Waals surface area contributed by atoms with Crippen LogP contribution in [0.4, 0.5) is 11.4 Å². The first-order chi connectivity index (χ1) is 15.5. The highest BCUT2D eigenvalue weighted by Crippen LogP contribution is 2.39. The molecule has 0 bridgehead atoms. The van der Waals surface area contributed by atoms with E-state index >= 15 is 0 Å². The Hall–Kier alpha value is -3.51. The minimum absolute atomic E-state index is 0.105. The summed E-state index contributed by atoms with van der Waals surface area (Å²) < 4.78 is 10.7. The van der Waals surface area contributed by atoms with E-state index in [0.29, 0.717) is 21.6 Å². The van der Waals surface area contributed by atoms with Crippen molar-refractivity contribution < 1.29 is 14.3 Å². The number of hydrogen-bond acceptors (Lipinski definition) is 5. The lowest BCUT2D eigenvalue weighted by Gasteiger charge is -2.18. The highest BCUT2D eigenvalue weighted by atomic mass is 32.2. The lowest BCUT2D eigenvalue weighted by molar-refractivity contribution is -0.113. The van der Waals surface area contributed by atoms with E-state index in [-0.39, 0.29) is 5.91 Å². The standard InChI is InChI=1S/C26H24N2O3S/c1-17-9-5-7-11-20(17)27-26-28(21-12-8-6-10-18(21)2)25(29)24(32-26)16-19-13-14-22(30-3)23(15-19)31-4/h5-16H,1-4H3. The molecular weight excluding hydrogens is 420 g/mol. The zero-order chi connectivity index (χ0) is 22.7. The number of nitrogens with zero attached hydrogens (tertiary/aromatic N) is 2. The Morgan fingerprint density at radius 3 is 2.25 bits per heavy atom. The number of anilines is 1. The summed E-state index contributed by atoms with van der Waals surface area (Å²) in [4.78, 5) is 20.7. The topological polar surface area (TPSA) is 51.1 Å². The second-order valence-electron chi connectivity index (χ2n) is 7.33. The number of methoxy groups -OCH3 is 2. The lowest BCUT2D eigenvalue weighted by atomic mass is 10.1. The first kappa shape index (κ1) is 21.7. The van der Waals surface area contributed by atoms with Gasteiger partial charge in [-0.1, -0.05) is 42.5 Å². The van der Waals surface area contributed by atoms with E-state index in [2.05, 4.69) is 0 Å². The van der Waals surface area contributed by atoms with Gasteiger partial charge in [-0.25, -0.2) is 4.99 Å². The Labute approximate surface area is 192 Å². The number of hydrogen-bond donors (Lipinski definition) is 0. The summed E-state index contributed by atoms with van der Waals surface area (Å²) in [6.07, 6.45) is 1.86. The van der Waals surface area contributed by atoms with Crippen molar-refractivity contribution in [2.75, 3.05) is 19.1 Å². The van der Waals surface area contributed by atoms with Crippen LogP contribution in [0.5, 0.6) is 11.5 Å². The van der Waals surface area contributed by atoms with Crippen molar-refractivity contribution in [1.82, 2.24) is 0 Å². The van der Waals surface area contributed by atoms with Crippen LogP contribution >= 0.6 is 11.8 Å². The smallest absolute Gasteiger partial charge is 0.271 e. The van der Waals surface area contributed by atoms with Gasteiger partial charge in [-0.2, -0.15) is 0 Å². The van der Waals surface area contributed by atoms with Gasteiger partial charge in [-0.3, -0.25) is 9.69 Å². The normalized spacial score (nSPS) is 16.1. The van der Waals surface area contributed by atoms with Gasteiger partial charge in [-0.15, -0.1) is 0 Å². The largest absolute Gasteiger partial charge is 0.493 e. The van der Waals surface area contributed by atoms with Gasteiger partial charge in [0.15, 0.2) is 16.7 Å². The quantitative estimate of drug-likeness (QED) is 0.444. The molecule has 1 heterocycles. The summed E-state index contributed by atoms with van der Waals surface area (Å²) in [7, 11) is 3.19. The summed E-state index contributed by atoms with van der Waals surface area (Å²) >= 11 is 1.37. The summed E-state index contributed by atoms with van der Waals surface area (Å²) in [6, 6.07) is 21.3. The zero-order valence-corrected chi connectivity index (χ0v) is 19.3. The minimum Gasteiger partial charge on any atom is -0.493 e. The van der Waals surface area contributed by atoms with Crippen LogP contribution in [0.15, 0.2) is 76.6 Å². The molecule has 1 fully saturated rings. The van der Waals surface area contributed by atoms with Crippen LogP contribution < -0.4 is 14.4 Å². The maximum Gasteiger partial charge on any atom is 0.271 e. The predicted octanol–water partition coefficient (Wildman–Crippen LogP) is 6.13. The highest BCUT2D eigenvalue weighted by Gasteiger charge is 2.35. The van der Waals surface area contributed by atoms with E-state index in [1.807, 2.05) is 86.7 Å². The average Bonchev–Trinajstić information content (AvgIpc) is 3.10. The Bertz CT molecular complexity index is 1230. The third-order valence-electron chi connectivity index (χ3n) is 5.20. The van der Waals surface area contributed by atoms with Gasteiger partial charge < -0.3 is 9.47 Å².